The van der Waals surface area contributed by atoms with Crippen LogP contribution < -0.4 is 5.56 Å². The predicted octanol–water partition coefficient (Wildman–Crippen LogP) is 3.00. The number of pyridine rings is 2. The smallest absolute Gasteiger partial charge is 0.343 e. The van der Waals surface area contributed by atoms with E-state index < -0.39 is 17.8 Å². The largest absolute Gasteiger partial charge is 0.458 e. The van der Waals surface area contributed by atoms with Gasteiger partial charge in [-0.2, -0.15) is 0 Å². The molecule has 5 rings (SSSR count). The van der Waals surface area contributed by atoms with Gasteiger partial charge in [-0.05, 0) is 31.0 Å². The third kappa shape index (κ3) is 2.49. The van der Waals surface area contributed by atoms with E-state index in [4.69, 9.17) is 14.5 Å². The van der Waals surface area contributed by atoms with Crippen molar-refractivity contribution in [3.05, 3.63) is 63.4 Å². The lowest BCUT2D eigenvalue weighted by Crippen LogP contribution is -2.44. The van der Waals surface area contributed by atoms with Gasteiger partial charge in [-0.1, -0.05) is 32.0 Å². The molecule has 2 aromatic heterocycles. The summed E-state index contributed by atoms with van der Waals surface area (Å²) in [5.74, 6) is -0.731. The number of carbonyl (C=O) groups excluding carboxylic acids is 1. The van der Waals surface area contributed by atoms with Gasteiger partial charge in [-0.25, -0.2) is 9.78 Å². The molecule has 0 spiro atoms. The number of para-hydroxylation sites is 1. The zero-order valence-electron chi connectivity index (χ0n) is 16.8. The van der Waals surface area contributed by atoms with Crippen LogP contribution in [-0.4, -0.2) is 27.2 Å². The van der Waals surface area contributed by atoms with E-state index in [9.17, 15) is 14.7 Å². The van der Waals surface area contributed by atoms with Gasteiger partial charge in [0.25, 0.3) is 5.56 Å². The minimum absolute atomic E-state index is 0.107. The maximum Gasteiger partial charge on any atom is 0.343 e. The second-order valence-electron chi connectivity index (χ2n) is 7.73. The number of aromatic nitrogens is 2. The SMILES string of the molecule is CCCOC1c2cc3ccccc3nc2-c2cc3c(c(=O)n21)COC(=O)[C@]3(O)CC. The number of cyclic esters (lactones) is 1. The van der Waals surface area contributed by atoms with E-state index in [1.165, 1.54) is 0 Å². The predicted molar refractivity (Wildman–Crippen MR) is 110 cm³/mol. The van der Waals surface area contributed by atoms with Crippen LogP contribution in [0.4, 0.5) is 0 Å². The summed E-state index contributed by atoms with van der Waals surface area (Å²) >= 11 is 0. The van der Waals surface area contributed by atoms with Crippen LogP contribution in [0, 0.1) is 0 Å². The normalized spacial score (nSPS) is 21.8. The first-order valence-corrected chi connectivity index (χ1v) is 10.2. The summed E-state index contributed by atoms with van der Waals surface area (Å²) in [5, 5.41) is 12.0. The Morgan fingerprint density at radius 1 is 1.27 bits per heavy atom. The van der Waals surface area contributed by atoms with Crippen LogP contribution in [0.2, 0.25) is 0 Å². The van der Waals surface area contributed by atoms with Gasteiger partial charge in [0.05, 0.1) is 22.5 Å². The van der Waals surface area contributed by atoms with Crippen molar-refractivity contribution in [1.82, 2.24) is 9.55 Å². The van der Waals surface area contributed by atoms with Crippen LogP contribution >= 0.6 is 0 Å². The van der Waals surface area contributed by atoms with Crippen LogP contribution in [0.25, 0.3) is 22.3 Å². The summed E-state index contributed by atoms with van der Waals surface area (Å²) in [5.41, 5.74) is 1.18. The first kappa shape index (κ1) is 19.0. The summed E-state index contributed by atoms with van der Waals surface area (Å²) < 4.78 is 12.8. The first-order chi connectivity index (χ1) is 14.5. The summed E-state index contributed by atoms with van der Waals surface area (Å²) in [4.78, 5) is 30.6. The minimum Gasteiger partial charge on any atom is -0.458 e. The molecular formula is C23H22N2O5. The molecule has 3 aromatic rings. The number of fused-ring (bicyclic) bond motifs is 5. The second-order valence-corrected chi connectivity index (χ2v) is 7.73. The van der Waals surface area contributed by atoms with E-state index >= 15 is 0 Å². The van der Waals surface area contributed by atoms with Gasteiger partial charge in [0.15, 0.2) is 11.8 Å². The number of hydrogen-bond acceptors (Lipinski definition) is 6. The van der Waals surface area contributed by atoms with E-state index in [1.807, 2.05) is 37.3 Å². The van der Waals surface area contributed by atoms with E-state index in [2.05, 4.69) is 0 Å². The van der Waals surface area contributed by atoms with Gasteiger partial charge in [-0.3, -0.25) is 9.36 Å². The molecule has 4 heterocycles. The number of esters is 1. The number of carbonyl (C=O) groups is 1. The highest BCUT2D eigenvalue weighted by Crippen LogP contribution is 2.43. The van der Waals surface area contributed by atoms with Crippen molar-refractivity contribution in [2.45, 2.75) is 45.1 Å². The van der Waals surface area contributed by atoms with Crippen LogP contribution in [-0.2, 0) is 26.5 Å². The third-order valence-electron chi connectivity index (χ3n) is 5.96. The van der Waals surface area contributed by atoms with Crippen LogP contribution in [0.3, 0.4) is 0 Å². The molecule has 154 valence electrons. The second kappa shape index (κ2) is 6.75. The maximum atomic E-state index is 13.5. The number of nitrogens with zero attached hydrogens (tertiary/aromatic N) is 2. The van der Waals surface area contributed by atoms with Crippen molar-refractivity contribution in [1.29, 1.82) is 0 Å². The van der Waals surface area contributed by atoms with Crippen molar-refractivity contribution in [3.8, 4) is 11.4 Å². The van der Waals surface area contributed by atoms with Crippen LogP contribution in [0.15, 0.2) is 41.2 Å². The fraction of sp³-hybridized carbons (Fsp3) is 0.348. The molecule has 7 nitrogen and oxygen atoms in total. The monoisotopic (exact) mass is 406 g/mol. The number of ether oxygens (including phenoxy) is 2. The van der Waals surface area contributed by atoms with Gasteiger partial charge in [-0.15, -0.1) is 0 Å². The molecular weight excluding hydrogens is 384 g/mol. The Kier molecular flexibility index (Phi) is 4.27. The molecule has 2 atom stereocenters. The van der Waals surface area contributed by atoms with E-state index in [-0.39, 0.29) is 24.2 Å². The lowest BCUT2D eigenvalue weighted by atomic mass is 9.86. The Morgan fingerprint density at radius 2 is 2.07 bits per heavy atom. The number of aliphatic hydroxyl groups is 1. The standard InChI is InChI=1S/C23H22N2O5/c1-3-9-29-21-14-10-13-7-5-6-8-17(13)24-19(14)18-11-16-15(20(26)25(18)21)12-30-22(27)23(16,28)4-2/h5-8,10-11,21,28H,3-4,9,12H2,1-2H3/t21?,23-/m0/s1. The number of rotatable bonds is 4. The molecule has 2 aliphatic heterocycles. The van der Waals surface area contributed by atoms with Crippen molar-refractivity contribution in [2.24, 2.45) is 0 Å². The van der Waals surface area contributed by atoms with Gasteiger partial charge in [0, 0.05) is 23.1 Å². The Hall–Kier alpha value is -3.03. The molecule has 1 aromatic carbocycles. The average Bonchev–Trinajstić information content (AvgIpc) is 3.06. The molecule has 30 heavy (non-hydrogen) atoms. The molecule has 0 saturated heterocycles. The topological polar surface area (TPSA) is 90.6 Å². The van der Waals surface area contributed by atoms with Crippen LogP contribution in [0.5, 0.6) is 0 Å². The fourth-order valence-corrected chi connectivity index (χ4v) is 4.35. The van der Waals surface area contributed by atoms with Crippen molar-refractivity contribution < 1.29 is 19.4 Å². The number of hydrogen-bond donors (Lipinski definition) is 1. The van der Waals surface area contributed by atoms with Gasteiger partial charge >= 0.3 is 5.97 Å². The molecule has 0 amide bonds. The van der Waals surface area contributed by atoms with E-state index in [0.29, 0.717) is 23.6 Å². The summed E-state index contributed by atoms with van der Waals surface area (Å²) in [6, 6.07) is 11.4. The Balaban J connectivity index is 1.82. The molecule has 0 bridgehead atoms. The van der Waals surface area contributed by atoms with Crippen molar-refractivity contribution in [3.63, 3.8) is 0 Å². The molecule has 0 saturated carbocycles. The Morgan fingerprint density at radius 3 is 2.83 bits per heavy atom. The molecule has 0 fully saturated rings. The summed E-state index contributed by atoms with van der Waals surface area (Å²) in [6.45, 7) is 4.01. The molecule has 1 N–H and O–H groups in total. The molecule has 7 heteroatoms. The Bertz CT molecular complexity index is 1250. The highest BCUT2D eigenvalue weighted by Gasteiger charge is 2.46. The minimum atomic E-state index is -1.85. The zero-order chi connectivity index (χ0) is 21.0. The maximum absolute atomic E-state index is 13.5. The quantitative estimate of drug-likeness (QED) is 0.670. The lowest BCUT2D eigenvalue weighted by Gasteiger charge is -2.32. The fourth-order valence-electron chi connectivity index (χ4n) is 4.35. The molecule has 1 unspecified atom stereocenters. The van der Waals surface area contributed by atoms with Gasteiger partial charge < -0.3 is 14.6 Å². The van der Waals surface area contributed by atoms with E-state index in [1.54, 1.807) is 17.6 Å². The highest BCUT2D eigenvalue weighted by molar-refractivity contribution is 5.86. The molecule has 0 radical (unpaired) electrons. The highest BCUT2D eigenvalue weighted by atomic mass is 16.6. The zero-order valence-corrected chi connectivity index (χ0v) is 16.8. The third-order valence-corrected chi connectivity index (χ3v) is 5.96. The van der Waals surface area contributed by atoms with Crippen molar-refractivity contribution in [2.75, 3.05) is 6.61 Å². The number of benzene rings is 1. The summed E-state index contributed by atoms with van der Waals surface area (Å²) in [6.07, 6.45) is 0.294. The van der Waals surface area contributed by atoms with Crippen molar-refractivity contribution >= 4 is 16.9 Å². The van der Waals surface area contributed by atoms with E-state index in [0.717, 1.165) is 22.9 Å². The molecule has 2 aliphatic rings. The lowest BCUT2D eigenvalue weighted by molar-refractivity contribution is -0.172. The van der Waals surface area contributed by atoms with Gasteiger partial charge in [0.2, 0.25) is 0 Å². The van der Waals surface area contributed by atoms with Crippen LogP contribution in [0.1, 0.15) is 49.6 Å². The van der Waals surface area contributed by atoms with Gasteiger partial charge in [0.1, 0.15) is 6.61 Å². The average molecular weight is 406 g/mol. The Labute approximate surface area is 172 Å². The first-order valence-electron chi connectivity index (χ1n) is 10.2. The summed E-state index contributed by atoms with van der Waals surface area (Å²) in [7, 11) is 0. The molecule has 0 aliphatic carbocycles.